The molecule has 1 aliphatic heterocycles. The molecule has 1 atom stereocenters. The van der Waals surface area contributed by atoms with E-state index in [2.05, 4.69) is 265 Å². The predicted octanol–water partition coefficient (Wildman–Crippen LogP) is 12.7. The Morgan fingerprint density at radius 1 is 0.391 bits per heavy atom. The second kappa shape index (κ2) is 17.0. The van der Waals surface area contributed by atoms with Gasteiger partial charge in [0.25, 0.3) is 0 Å². The van der Waals surface area contributed by atoms with Crippen LogP contribution in [0.1, 0.15) is 22.9 Å². The third-order valence-electron chi connectivity index (χ3n) is 13.8. The van der Waals surface area contributed by atoms with Crippen molar-refractivity contribution in [1.82, 2.24) is 9.88 Å². The Morgan fingerprint density at radius 3 is 1.58 bits per heavy atom. The molecule has 3 heterocycles. The van der Waals surface area contributed by atoms with Crippen molar-refractivity contribution in [2.45, 2.75) is 6.17 Å². The maximum atomic E-state index is 5.59. The molecule has 10 aromatic carbocycles. The highest BCUT2D eigenvalue weighted by atomic mass is 32.1. The lowest BCUT2D eigenvalue weighted by Crippen LogP contribution is -2.74. The standard InChI is InChI=1S/C63H44N4SSi/c1-4-24-46(25-5-1)69(47-26-6-2-7-27-47,48-28-8-3-9-29-48)49-30-19-22-44(42-49)62-64-61(43-21-18-23-45(41-43)67-57-38-15-12-32-51(57)52-33-13-16-39-58(52)67)65-63(66-62)56-35-11-10-31-50(56)54-36-20-37-55-53-34-14-17-40-59(53)68-60(54)55/h1-42,61H,(H,64,65,66). The summed E-state index contributed by atoms with van der Waals surface area (Å²) in [6.45, 7) is 0. The van der Waals surface area contributed by atoms with E-state index < -0.39 is 14.2 Å². The third-order valence-corrected chi connectivity index (χ3v) is 19.8. The summed E-state index contributed by atoms with van der Waals surface area (Å²) in [4.78, 5) is 11.2. The van der Waals surface area contributed by atoms with Crippen molar-refractivity contribution in [3.63, 3.8) is 0 Å². The van der Waals surface area contributed by atoms with Crippen LogP contribution in [-0.4, -0.2) is 24.3 Å². The van der Waals surface area contributed by atoms with Gasteiger partial charge in [0, 0.05) is 58.9 Å². The number of nitrogens with zero attached hydrogens (tertiary/aromatic N) is 3. The van der Waals surface area contributed by atoms with Gasteiger partial charge in [0.05, 0.1) is 11.0 Å². The number of benzene rings is 10. The first kappa shape index (κ1) is 40.8. The number of rotatable bonds is 9. The van der Waals surface area contributed by atoms with E-state index in [9.17, 15) is 0 Å². The fraction of sp³-hybridized carbons (Fsp3) is 0.0159. The minimum Gasteiger partial charge on any atom is -0.324 e. The van der Waals surface area contributed by atoms with Gasteiger partial charge in [-0.3, -0.25) is 0 Å². The molecule has 4 nitrogen and oxygen atoms in total. The van der Waals surface area contributed by atoms with Crippen molar-refractivity contribution in [3.05, 3.63) is 271 Å². The molecule has 0 fully saturated rings. The average Bonchev–Trinajstić information content (AvgIpc) is 3.98. The first-order valence-electron chi connectivity index (χ1n) is 23.5. The lowest BCUT2D eigenvalue weighted by molar-refractivity contribution is 0.755. The van der Waals surface area contributed by atoms with E-state index in [0.717, 1.165) is 39.6 Å². The van der Waals surface area contributed by atoms with Gasteiger partial charge in [-0.15, -0.1) is 11.3 Å². The zero-order chi connectivity index (χ0) is 45.7. The van der Waals surface area contributed by atoms with E-state index in [0.29, 0.717) is 0 Å². The Bertz CT molecular complexity index is 3800. The first-order chi connectivity index (χ1) is 34.2. The van der Waals surface area contributed by atoms with Crippen molar-refractivity contribution in [3.8, 4) is 16.8 Å². The fourth-order valence-corrected chi connectivity index (χ4v) is 16.8. The minimum absolute atomic E-state index is 0.541. The molecule has 0 aliphatic carbocycles. The van der Waals surface area contributed by atoms with E-state index in [1.165, 1.54) is 68.3 Å². The van der Waals surface area contributed by atoms with Crippen LogP contribution in [0.5, 0.6) is 0 Å². The number of thiophene rings is 1. The van der Waals surface area contributed by atoms with Crippen LogP contribution in [0.3, 0.4) is 0 Å². The normalized spacial score (nSPS) is 13.9. The maximum absolute atomic E-state index is 5.59. The summed E-state index contributed by atoms with van der Waals surface area (Å²) >= 11 is 1.85. The monoisotopic (exact) mass is 916 g/mol. The van der Waals surface area contributed by atoms with E-state index in [1.807, 2.05) is 11.3 Å². The number of fused-ring (bicyclic) bond motifs is 6. The summed E-state index contributed by atoms with van der Waals surface area (Å²) < 4.78 is 4.92. The van der Waals surface area contributed by atoms with E-state index >= 15 is 0 Å². The minimum atomic E-state index is -2.85. The highest BCUT2D eigenvalue weighted by Gasteiger charge is 2.41. The second-order valence-electron chi connectivity index (χ2n) is 17.7. The van der Waals surface area contributed by atoms with E-state index in [4.69, 9.17) is 9.98 Å². The SMILES string of the molecule is c1ccc([Si](c2ccccc2)(c2ccccc2)c2cccc(C3=NC(c4cccc(-n5c6ccccc6c6ccccc65)c4)N=C(c4ccccc4-c4cccc5c4sc4ccccc45)N3)c2)cc1. The smallest absolute Gasteiger partial charge is 0.179 e. The molecule has 0 bridgehead atoms. The van der Waals surface area contributed by atoms with E-state index in [1.54, 1.807) is 0 Å². The topological polar surface area (TPSA) is 41.7 Å². The third kappa shape index (κ3) is 6.87. The van der Waals surface area contributed by atoms with Gasteiger partial charge in [-0.1, -0.05) is 224 Å². The molecule has 1 aliphatic rings. The number of hydrogen-bond donors (Lipinski definition) is 1. The van der Waals surface area contributed by atoms with Gasteiger partial charge in [0.1, 0.15) is 11.7 Å². The molecular weight excluding hydrogens is 873 g/mol. The van der Waals surface area contributed by atoms with Gasteiger partial charge in [-0.05, 0) is 56.6 Å². The van der Waals surface area contributed by atoms with Crippen LogP contribution >= 0.6 is 11.3 Å². The van der Waals surface area contributed by atoms with E-state index in [-0.39, 0.29) is 0 Å². The molecule has 326 valence electrons. The number of aliphatic imine (C=N–C) groups is 2. The summed E-state index contributed by atoms with van der Waals surface area (Å²) in [6.07, 6.45) is -0.541. The molecule has 2 aromatic heterocycles. The summed E-state index contributed by atoms with van der Waals surface area (Å²) in [5.74, 6) is 1.56. The van der Waals surface area contributed by atoms with Gasteiger partial charge in [-0.2, -0.15) is 0 Å². The molecule has 12 aromatic rings. The lowest BCUT2D eigenvalue weighted by atomic mass is 9.96. The maximum Gasteiger partial charge on any atom is 0.179 e. The molecule has 69 heavy (non-hydrogen) atoms. The Labute approximate surface area is 405 Å². The van der Waals surface area contributed by atoms with Gasteiger partial charge in [-0.25, -0.2) is 9.98 Å². The van der Waals surface area contributed by atoms with Crippen LogP contribution in [0.25, 0.3) is 58.8 Å². The quantitative estimate of drug-likeness (QED) is 0.114. The van der Waals surface area contributed by atoms with Crippen molar-refractivity contribution in [2.24, 2.45) is 9.98 Å². The van der Waals surface area contributed by atoms with Crippen molar-refractivity contribution in [1.29, 1.82) is 0 Å². The number of nitrogens with one attached hydrogen (secondary N) is 1. The highest BCUT2D eigenvalue weighted by Crippen LogP contribution is 2.41. The van der Waals surface area contributed by atoms with Gasteiger partial charge in [0.15, 0.2) is 14.2 Å². The summed E-state index contributed by atoms with van der Waals surface area (Å²) in [5, 5.41) is 14.1. The number of aromatic nitrogens is 1. The molecule has 13 rings (SSSR count). The van der Waals surface area contributed by atoms with Crippen LogP contribution in [-0.2, 0) is 0 Å². The Kier molecular flexibility index (Phi) is 10.1. The molecule has 0 amide bonds. The van der Waals surface area contributed by atoms with Crippen LogP contribution < -0.4 is 26.1 Å². The largest absolute Gasteiger partial charge is 0.324 e. The molecule has 0 spiro atoms. The number of amidine groups is 2. The summed E-state index contributed by atoms with van der Waals surface area (Å²) in [5.41, 5.74) is 8.75. The Balaban J connectivity index is 1.01. The van der Waals surface area contributed by atoms with Crippen LogP contribution in [0.15, 0.2) is 265 Å². The molecule has 1 unspecified atom stereocenters. The number of hydrogen-bond acceptors (Lipinski definition) is 4. The second-order valence-corrected chi connectivity index (χ2v) is 22.5. The van der Waals surface area contributed by atoms with Crippen LogP contribution in [0.4, 0.5) is 0 Å². The molecule has 6 heteroatoms. The molecular formula is C63H44N4SSi. The van der Waals surface area contributed by atoms with Gasteiger partial charge in [0.2, 0.25) is 0 Å². The molecule has 0 radical (unpaired) electrons. The lowest BCUT2D eigenvalue weighted by Gasteiger charge is -2.34. The van der Waals surface area contributed by atoms with Gasteiger partial charge < -0.3 is 9.88 Å². The zero-order valence-corrected chi connectivity index (χ0v) is 39.4. The first-order valence-corrected chi connectivity index (χ1v) is 26.3. The van der Waals surface area contributed by atoms with Crippen molar-refractivity contribution < 1.29 is 0 Å². The van der Waals surface area contributed by atoms with Crippen molar-refractivity contribution in [2.75, 3.05) is 0 Å². The zero-order valence-electron chi connectivity index (χ0n) is 37.6. The summed E-state index contributed by atoms with van der Waals surface area (Å²) in [7, 11) is -2.85. The highest BCUT2D eigenvalue weighted by molar-refractivity contribution is 7.26. The van der Waals surface area contributed by atoms with Crippen molar-refractivity contribution >= 4 is 93.8 Å². The number of para-hydroxylation sites is 2. The molecule has 0 saturated heterocycles. The average molecular weight is 917 g/mol. The fourth-order valence-electron chi connectivity index (χ4n) is 10.8. The van der Waals surface area contributed by atoms with Crippen LogP contribution in [0.2, 0.25) is 0 Å². The molecule has 1 N–H and O–H groups in total. The van der Waals surface area contributed by atoms with Crippen LogP contribution in [0, 0.1) is 0 Å². The molecule has 0 saturated carbocycles. The Morgan fingerprint density at radius 2 is 0.899 bits per heavy atom. The Hall–Kier alpha value is -8.42. The van der Waals surface area contributed by atoms with Gasteiger partial charge >= 0.3 is 0 Å². The predicted molar refractivity (Wildman–Crippen MR) is 295 cm³/mol. The summed E-state index contributed by atoms with van der Waals surface area (Å²) in [6, 6.07) is 92.7.